The summed E-state index contributed by atoms with van der Waals surface area (Å²) in [4.78, 5) is 3.58. The molecule has 0 saturated heterocycles. The molecule has 2 nitrogen and oxygen atoms in total. The SMILES string of the molecule is Cc1cc(N)c(C23CC4CC(CC(C4)C2)C3)[nH]1. The summed E-state index contributed by atoms with van der Waals surface area (Å²) < 4.78 is 0. The largest absolute Gasteiger partial charge is 0.397 e. The molecule has 5 rings (SSSR count). The molecule has 1 heterocycles. The first kappa shape index (κ1) is 10.0. The van der Waals surface area contributed by atoms with E-state index in [1.807, 2.05) is 0 Å². The van der Waals surface area contributed by atoms with Crippen molar-refractivity contribution in [2.45, 2.75) is 50.9 Å². The summed E-state index contributed by atoms with van der Waals surface area (Å²) >= 11 is 0. The third-order valence-electron chi connectivity index (χ3n) is 5.55. The van der Waals surface area contributed by atoms with Gasteiger partial charge in [0.05, 0.1) is 5.69 Å². The van der Waals surface area contributed by atoms with Gasteiger partial charge in [0.1, 0.15) is 0 Å². The molecule has 0 radical (unpaired) electrons. The van der Waals surface area contributed by atoms with Gasteiger partial charge in [0, 0.05) is 16.8 Å². The van der Waals surface area contributed by atoms with E-state index in [-0.39, 0.29) is 0 Å². The van der Waals surface area contributed by atoms with E-state index in [2.05, 4.69) is 18.0 Å². The van der Waals surface area contributed by atoms with Crippen LogP contribution in [0, 0.1) is 24.7 Å². The van der Waals surface area contributed by atoms with E-state index in [1.54, 1.807) is 0 Å². The smallest absolute Gasteiger partial charge is 0.0533 e. The average Bonchev–Trinajstić information content (AvgIpc) is 2.56. The molecule has 4 bridgehead atoms. The zero-order valence-electron chi connectivity index (χ0n) is 10.6. The lowest BCUT2D eigenvalue weighted by Crippen LogP contribution is -2.49. The molecule has 1 aromatic rings. The van der Waals surface area contributed by atoms with Gasteiger partial charge in [0.15, 0.2) is 0 Å². The number of hydrogen-bond donors (Lipinski definition) is 2. The molecular formula is C15H22N2. The Hall–Kier alpha value is -0.920. The summed E-state index contributed by atoms with van der Waals surface area (Å²) in [7, 11) is 0. The van der Waals surface area contributed by atoms with Crippen molar-refractivity contribution in [2.24, 2.45) is 17.8 Å². The minimum absolute atomic E-state index is 0.424. The maximum absolute atomic E-state index is 6.23. The number of aryl methyl sites for hydroxylation is 1. The topological polar surface area (TPSA) is 41.8 Å². The molecule has 17 heavy (non-hydrogen) atoms. The van der Waals surface area contributed by atoms with Crippen LogP contribution in [0.25, 0.3) is 0 Å². The van der Waals surface area contributed by atoms with Gasteiger partial charge in [-0.2, -0.15) is 0 Å². The molecule has 0 aliphatic heterocycles. The molecule has 92 valence electrons. The zero-order chi connectivity index (χ0) is 11.6. The molecule has 0 spiro atoms. The number of aromatic nitrogens is 1. The number of rotatable bonds is 1. The predicted octanol–water partition coefficient (Wildman–Crippen LogP) is 3.37. The minimum atomic E-state index is 0.424. The van der Waals surface area contributed by atoms with Crippen LogP contribution in [0.4, 0.5) is 5.69 Å². The summed E-state index contributed by atoms with van der Waals surface area (Å²) in [5.41, 5.74) is 10.3. The molecule has 4 fully saturated rings. The fourth-order valence-corrected chi connectivity index (χ4v) is 5.47. The maximum atomic E-state index is 6.23. The van der Waals surface area contributed by atoms with E-state index < -0.39 is 0 Å². The Balaban J connectivity index is 1.79. The Labute approximate surface area is 103 Å². The van der Waals surface area contributed by atoms with E-state index in [4.69, 9.17) is 5.73 Å². The van der Waals surface area contributed by atoms with Crippen molar-refractivity contribution in [3.63, 3.8) is 0 Å². The zero-order valence-corrected chi connectivity index (χ0v) is 10.6. The maximum Gasteiger partial charge on any atom is 0.0533 e. The molecule has 4 aliphatic rings. The molecular weight excluding hydrogens is 208 g/mol. The molecule has 1 aromatic heterocycles. The summed E-state index contributed by atoms with van der Waals surface area (Å²) in [6.45, 7) is 2.13. The first-order chi connectivity index (χ1) is 8.14. The molecule has 4 aliphatic carbocycles. The number of hydrogen-bond acceptors (Lipinski definition) is 1. The second-order valence-corrected chi connectivity index (χ2v) is 6.98. The lowest BCUT2D eigenvalue weighted by Gasteiger charge is -2.56. The van der Waals surface area contributed by atoms with Gasteiger partial charge in [-0.3, -0.25) is 0 Å². The van der Waals surface area contributed by atoms with Crippen molar-refractivity contribution in [3.8, 4) is 0 Å². The van der Waals surface area contributed by atoms with E-state index >= 15 is 0 Å². The summed E-state index contributed by atoms with van der Waals surface area (Å²) in [5, 5.41) is 0. The fraction of sp³-hybridized carbons (Fsp3) is 0.733. The highest BCUT2D eigenvalue weighted by Gasteiger charge is 2.52. The predicted molar refractivity (Wildman–Crippen MR) is 69.8 cm³/mol. The third kappa shape index (κ3) is 1.33. The Kier molecular flexibility index (Phi) is 1.83. The average molecular weight is 230 g/mol. The second kappa shape index (κ2) is 3.09. The Morgan fingerprint density at radius 1 is 1.12 bits per heavy atom. The van der Waals surface area contributed by atoms with Crippen LogP contribution < -0.4 is 5.73 Å². The van der Waals surface area contributed by atoms with Crippen LogP contribution in [0.5, 0.6) is 0 Å². The van der Waals surface area contributed by atoms with Crippen molar-refractivity contribution in [1.82, 2.24) is 4.98 Å². The van der Waals surface area contributed by atoms with Crippen molar-refractivity contribution >= 4 is 5.69 Å². The van der Waals surface area contributed by atoms with Gasteiger partial charge < -0.3 is 10.7 Å². The molecule has 0 aromatic carbocycles. The molecule has 0 atom stereocenters. The van der Waals surface area contributed by atoms with Crippen molar-refractivity contribution < 1.29 is 0 Å². The summed E-state index contributed by atoms with van der Waals surface area (Å²) in [6.07, 6.45) is 8.67. The summed E-state index contributed by atoms with van der Waals surface area (Å²) in [6, 6.07) is 2.12. The Morgan fingerprint density at radius 2 is 1.65 bits per heavy atom. The van der Waals surface area contributed by atoms with Gasteiger partial charge in [-0.15, -0.1) is 0 Å². The highest BCUT2D eigenvalue weighted by molar-refractivity contribution is 5.50. The lowest BCUT2D eigenvalue weighted by molar-refractivity contribution is -0.00664. The van der Waals surface area contributed by atoms with Gasteiger partial charge in [-0.05, 0) is 69.3 Å². The molecule has 4 saturated carbocycles. The van der Waals surface area contributed by atoms with E-state index in [1.165, 1.54) is 49.9 Å². The van der Waals surface area contributed by atoms with Gasteiger partial charge in [0.2, 0.25) is 0 Å². The van der Waals surface area contributed by atoms with Gasteiger partial charge in [-0.1, -0.05) is 0 Å². The van der Waals surface area contributed by atoms with Gasteiger partial charge in [-0.25, -0.2) is 0 Å². The van der Waals surface area contributed by atoms with Crippen LogP contribution in [0.15, 0.2) is 6.07 Å². The number of anilines is 1. The molecule has 0 unspecified atom stereocenters. The summed E-state index contributed by atoms with van der Waals surface area (Å²) in [5.74, 6) is 2.97. The fourth-order valence-electron chi connectivity index (χ4n) is 5.47. The number of H-pyrrole nitrogens is 1. The van der Waals surface area contributed by atoms with E-state index in [9.17, 15) is 0 Å². The number of nitrogens with one attached hydrogen (secondary N) is 1. The van der Waals surface area contributed by atoms with Gasteiger partial charge >= 0.3 is 0 Å². The van der Waals surface area contributed by atoms with Gasteiger partial charge in [0.25, 0.3) is 0 Å². The van der Waals surface area contributed by atoms with Crippen molar-refractivity contribution in [1.29, 1.82) is 0 Å². The van der Waals surface area contributed by atoms with E-state index in [0.717, 1.165) is 23.4 Å². The van der Waals surface area contributed by atoms with Crippen molar-refractivity contribution in [2.75, 3.05) is 5.73 Å². The Bertz CT molecular complexity index is 422. The van der Waals surface area contributed by atoms with Crippen LogP contribution >= 0.6 is 0 Å². The first-order valence-electron chi connectivity index (χ1n) is 7.10. The number of nitrogen functional groups attached to an aromatic ring is 1. The van der Waals surface area contributed by atoms with Crippen LogP contribution in [-0.2, 0) is 5.41 Å². The van der Waals surface area contributed by atoms with Crippen LogP contribution in [0.1, 0.15) is 49.9 Å². The second-order valence-electron chi connectivity index (χ2n) is 6.98. The van der Waals surface area contributed by atoms with Crippen LogP contribution in [0.2, 0.25) is 0 Å². The normalized spacial score (nSPS) is 43.2. The standard InChI is InChI=1S/C15H22N2/c1-9-2-13(16)14(17-9)15-6-10-3-11(7-15)5-12(4-10)8-15/h2,10-12,17H,3-8,16H2,1H3. The highest BCUT2D eigenvalue weighted by Crippen LogP contribution is 2.61. The van der Waals surface area contributed by atoms with Crippen LogP contribution in [-0.4, -0.2) is 4.98 Å². The lowest BCUT2D eigenvalue weighted by atomic mass is 9.48. The molecule has 3 N–H and O–H groups in total. The highest BCUT2D eigenvalue weighted by atomic mass is 14.8. The van der Waals surface area contributed by atoms with E-state index in [0.29, 0.717) is 5.41 Å². The quantitative estimate of drug-likeness (QED) is 0.763. The molecule has 2 heteroatoms. The Morgan fingerprint density at radius 3 is 2.06 bits per heavy atom. The first-order valence-corrected chi connectivity index (χ1v) is 7.10. The molecule has 0 amide bonds. The van der Waals surface area contributed by atoms with Crippen molar-refractivity contribution in [3.05, 3.63) is 17.5 Å². The monoisotopic (exact) mass is 230 g/mol. The van der Waals surface area contributed by atoms with Crippen LogP contribution in [0.3, 0.4) is 0 Å². The number of nitrogens with two attached hydrogens (primary N) is 1. The number of aromatic amines is 1. The minimum Gasteiger partial charge on any atom is -0.397 e. The third-order valence-corrected chi connectivity index (χ3v) is 5.55.